The van der Waals surface area contributed by atoms with Crippen LogP contribution in [-0.2, 0) is 6.54 Å². The van der Waals surface area contributed by atoms with Gasteiger partial charge in [-0.3, -0.25) is 4.90 Å². The summed E-state index contributed by atoms with van der Waals surface area (Å²) >= 11 is 12.1. The summed E-state index contributed by atoms with van der Waals surface area (Å²) in [7, 11) is 3.21. The summed E-state index contributed by atoms with van der Waals surface area (Å²) in [5, 5.41) is 0.583. The van der Waals surface area contributed by atoms with E-state index in [1.165, 1.54) is 5.56 Å². The summed E-state index contributed by atoms with van der Waals surface area (Å²) in [5.41, 5.74) is 2.15. The van der Waals surface area contributed by atoms with Crippen LogP contribution in [0.25, 0.3) is 0 Å². The maximum absolute atomic E-state index is 6.43. The first-order valence-corrected chi connectivity index (χ1v) is 9.38. The fraction of sp³-hybridized carbons (Fsp3) is 0.350. The summed E-state index contributed by atoms with van der Waals surface area (Å²) in [6.45, 7) is 4.69. The van der Waals surface area contributed by atoms with Gasteiger partial charge in [0.05, 0.1) is 19.2 Å². The second kappa shape index (κ2) is 8.71. The molecule has 0 radical (unpaired) electrons. The zero-order valence-electron chi connectivity index (χ0n) is 15.1. The number of nitrogens with zero attached hydrogens (tertiary/aromatic N) is 2. The van der Waals surface area contributed by atoms with Crippen molar-refractivity contribution in [3.63, 3.8) is 0 Å². The molecule has 26 heavy (non-hydrogen) atoms. The van der Waals surface area contributed by atoms with Crippen LogP contribution in [0.4, 0.5) is 0 Å². The molecule has 1 aliphatic heterocycles. The van der Waals surface area contributed by atoms with Crippen molar-refractivity contribution in [2.24, 2.45) is 0 Å². The molecule has 2 aromatic carbocycles. The summed E-state index contributed by atoms with van der Waals surface area (Å²) < 4.78 is 10.7. The summed E-state index contributed by atoms with van der Waals surface area (Å²) in [6, 6.07) is 14.2. The summed E-state index contributed by atoms with van der Waals surface area (Å²) in [4.78, 5) is 5.42. The van der Waals surface area contributed by atoms with Gasteiger partial charge < -0.3 is 14.4 Å². The summed E-state index contributed by atoms with van der Waals surface area (Å²) in [5.74, 6) is 1.24. The van der Waals surface area contributed by atoms with Crippen LogP contribution in [0.3, 0.4) is 0 Å². The second-order valence-electron chi connectivity index (χ2n) is 6.24. The van der Waals surface area contributed by atoms with E-state index in [9.17, 15) is 0 Å². The van der Waals surface area contributed by atoms with Crippen molar-refractivity contribution in [2.45, 2.75) is 6.54 Å². The maximum Gasteiger partial charge on any atom is 0.162 e. The number of thiocarbonyl (C=S) groups is 1. The van der Waals surface area contributed by atoms with E-state index in [1.807, 2.05) is 12.1 Å². The minimum Gasteiger partial charge on any atom is -0.493 e. The fourth-order valence-corrected chi connectivity index (χ4v) is 3.79. The molecule has 3 rings (SSSR count). The highest BCUT2D eigenvalue weighted by Gasteiger charge is 2.22. The number of hydrogen-bond acceptors (Lipinski definition) is 4. The van der Waals surface area contributed by atoms with Gasteiger partial charge >= 0.3 is 0 Å². The minimum absolute atomic E-state index is 0.583. The molecule has 4 nitrogen and oxygen atoms in total. The van der Waals surface area contributed by atoms with Crippen LogP contribution >= 0.6 is 23.8 Å². The van der Waals surface area contributed by atoms with Crippen molar-refractivity contribution in [1.82, 2.24) is 9.80 Å². The second-order valence-corrected chi connectivity index (χ2v) is 7.03. The van der Waals surface area contributed by atoms with Crippen molar-refractivity contribution in [3.05, 3.63) is 58.6 Å². The molecule has 138 valence electrons. The lowest BCUT2D eigenvalue weighted by molar-refractivity contribution is 0.177. The molecule has 0 N–H and O–H groups in total. The third-order valence-electron chi connectivity index (χ3n) is 4.61. The van der Waals surface area contributed by atoms with Crippen LogP contribution in [0.2, 0.25) is 5.02 Å². The van der Waals surface area contributed by atoms with Gasteiger partial charge in [0.25, 0.3) is 0 Å². The molecule has 0 aliphatic carbocycles. The molecule has 1 heterocycles. The Morgan fingerprint density at radius 1 is 1.00 bits per heavy atom. The molecule has 6 heteroatoms. The first-order valence-electron chi connectivity index (χ1n) is 8.59. The first-order chi connectivity index (χ1) is 12.6. The quantitative estimate of drug-likeness (QED) is 0.722. The van der Waals surface area contributed by atoms with Crippen molar-refractivity contribution in [1.29, 1.82) is 0 Å². The largest absolute Gasteiger partial charge is 0.493 e. The van der Waals surface area contributed by atoms with Gasteiger partial charge in [-0.1, -0.05) is 54.2 Å². The predicted octanol–water partition coefficient (Wildman–Crippen LogP) is 3.85. The lowest BCUT2D eigenvalue weighted by Crippen LogP contribution is -2.48. The molecule has 0 saturated carbocycles. The van der Waals surface area contributed by atoms with Gasteiger partial charge in [-0.15, -0.1) is 0 Å². The maximum atomic E-state index is 6.43. The third kappa shape index (κ3) is 4.29. The number of methoxy groups -OCH3 is 2. The van der Waals surface area contributed by atoms with Crippen LogP contribution in [0, 0.1) is 0 Å². The molecular weight excluding hydrogens is 368 g/mol. The normalized spacial score (nSPS) is 15.0. The molecular formula is C20H23ClN2O2S. The van der Waals surface area contributed by atoms with Gasteiger partial charge in [0, 0.05) is 44.4 Å². The van der Waals surface area contributed by atoms with Crippen molar-refractivity contribution >= 4 is 28.8 Å². The molecule has 0 spiro atoms. The molecule has 2 aromatic rings. The van der Waals surface area contributed by atoms with E-state index in [2.05, 4.69) is 34.1 Å². The Bertz CT molecular complexity index is 762. The topological polar surface area (TPSA) is 24.9 Å². The number of ether oxygens (including phenoxy) is 2. The lowest BCUT2D eigenvalue weighted by atomic mass is 10.1. The molecule has 0 bridgehead atoms. The first kappa shape index (κ1) is 19.0. The van der Waals surface area contributed by atoms with Crippen molar-refractivity contribution in [2.75, 3.05) is 40.4 Å². The van der Waals surface area contributed by atoms with E-state index in [-0.39, 0.29) is 0 Å². The third-order valence-corrected chi connectivity index (χ3v) is 5.40. The minimum atomic E-state index is 0.583. The van der Waals surface area contributed by atoms with Crippen LogP contribution < -0.4 is 9.47 Å². The Balaban J connectivity index is 1.65. The highest BCUT2D eigenvalue weighted by Crippen LogP contribution is 2.34. The Morgan fingerprint density at radius 2 is 1.62 bits per heavy atom. The Morgan fingerprint density at radius 3 is 2.23 bits per heavy atom. The average Bonchev–Trinajstić information content (AvgIpc) is 2.68. The van der Waals surface area contributed by atoms with Gasteiger partial charge in [-0.2, -0.15) is 0 Å². The highest BCUT2D eigenvalue weighted by molar-refractivity contribution is 7.80. The molecule has 0 unspecified atom stereocenters. The molecule has 0 aromatic heterocycles. The van der Waals surface area contributed by atoms with Gasteiger partial charge in [0.15, 0.2) is 11.5 Å². The van der Waals surface area contributed by atoms with Crippen LogP contribution in [0.5, 0.6) is 11.5 Å². The van der Waals surface area contributed by atoms with E-state index >= 15 is 0 Å². The standard InChI is InChI=1S/C20H23ClN2O2S/c1-24-18-12-16(17(21)13-19(18)25-2)20(26)23-10-8-22(9-11-23)14-15-6-4-3-5-7-15/h3-7,12-13H,8-11,14H2,1-2H3. The molecule has 1 aliphatic rings. The molecule has 1 saturated heterocycles. The fourth-order valence-electron chi connectivity index (χ4n) is 3.14. The number of rotatable bonds is 5. The Hall–Kier alpha value is -1.82. The highest BCUT2D eigenvalue weighted by atomic mass is 35.5. The van der Waals surface area contributed by atoms with Crippen LogP contribution in [0.1, 0.15) is 11.1 Å². The van der Waals surface area contributed by atoms with Gasteiger partial charge in [-0.05, 0) is 11.6 Å². The van der Waals surface area contributed by atoms with E-state index in [0.717, 1.165) is 43.3 Å². The van der Waals surface area contributed by atoms with Gasteiger partial charge in [0.2, 0.25) is 0 Å². The number of benzene rings is 2. The molecule has 0 atom stereocenters. The van der Waals surface area contributed by atoms with E-state index in [0.29, 0.717) is 16.5 Å². The van der Waals surface area contributed by atoms with Crippen molar-refractivity contribution < 1.29 is 9.47 Å². The SMILES string of the molecule is COc1cc(Cl)c(C(=S)N2CCN(Cc3ccccc3)CC2)cc1OC. The monoisotopic (exact) mass is 390 g/mol. The van der Waals surface area contributed by atoms with Gasteiger partial charge in [0.1, 0.15) is 4.99 Å². The Labute approximate surface area is 165 Å². The number of piperazine rings is 1. The van der Waals surface area contributed by atoms with Gasteiger partial charge in [-0.25, -0.2) is 0 Å². The lowest BCUT2D eigenvalue weighted by Gasteiger charge is -2.36. The van der Waals surface area contributed by atoms with Crippen LogP contribution in [0.15, 0.2) is 42.5 Å². The zero-order valence-corrected chi connectivity index (χ0v) is 16.6. The van der Waals surface area contributed by atoms with E-state index < -0.39 is 0 Å². The smallest absolute Gasteiger partial charge is 0.162 e. The zero-order chi connectivity index (χ0) is 18.5. The van der Waals surface area contributed by atoms with Crippen molar-refractivity contribution in [3.8, 4) is 11.5 Å². The van der Waals surface area contributed by atoms with Crippen LogP contribution in [-0.4, -0.2) is 55.2 Å². The van der Waals surface area contributed by atoms with E-state index in [1.54, 1.807) is 20.3 Å². The van der Waals surface area contributed by atoms with E-state index in [4.69, 9.17) is 33.3 Å². The average molecular weight is 391 g/mol. The number of halogens is 1. The Kier molecular flexibility index (Phi) is 6.35. The molecule has 0 amide bonds. The molecule has 1 fully saturated rings. The summed E-state index contributed by atoms with van der Waals surface area (Å²) in [6.07, 6.45) is 0. The predicted molar refractivity (Wildman–Crippen MR) is 110 cm³/mol. The number of hydrogen-bond donors (Lipinski definition) is 0.